The van der Waals surface area contributed by atoms with Crippen molar-refractivity contribution in [3.63, 3.8) is 0 Å². The molecule has 0 bridgehead atoms. The van der Waals surface area contributed by atoms with Gasteiger partial charge in [0.05, 0.1) is 33.4 Å². The monoisotopic (exact) mass is 682 g/mol. The predicted octanol–water partition coefficient (Wildman–Crippen LogP) is 7.23. The largest absolute Gasteiger partial charge is 0.461 e. The van der Waals surface area contributed by atoms with E-state index < -0.39 is 33.6 Å². The number of anilines is 2. The summed E-state index contributed by atoms with van der Waals surface area (Å²) >= 11 is 13.0. The molecule has 3 N–H and O–H groups in total. The Morgan fingerprint density at radius 3 is 2.33 bits per heavy atom. The van der Waals surface area contributed by atoms with Crippen LogP contribution in [0, 0.1) is 0 Å². The summed E-state index contributed by atoms with van der Waals surface area (Å²) in [5.41, 5.74) is 5.55. The SMILES string of the molecule is C=C(C(=O)Nc1ccccc1N(C(N)=O)C1CCCCC1)c1c(C(=O)OCC)n(S(=O)(=O)c2ccccc2)c2cc(Cl)cc(Cl)c12. The summed E-state index contributed by atoms with van der Waals surface area (Å²) in [4.78, 5) is 41.6. The second kappa shape index (κ2) is 13.6. The fraction of sp³-hybridized carbons (Fsp3) is 0.242. The molecule has 3 amide bonds. The van der Waals surface area contributed by atoms with E-state index in [-0.39, 0.29) is 55.3 Å². The molecule has 240 valence electrons. The molecule has 0 unspecified atom stereocenters. The molecule has 1 aromatic heterocycles. The van der Waals surface area contributed by atoms with E-state index in [1.807, 2.05) is 0 Å². The van der Waals surface area contributed by atoms with Crippen molar-refractivity contribution in [1.29, 1.82) is 0 Å². The molecular weight excluding hydrogens is 651 g/mol. The highest BCUT2D eigenvalue weighted by atomic mass is 35.5. The molecule has 0 saturated heterocycles. The molecular formula is C33H32Cl2N4O6S. The third kappa shape index (κ3) is 6.22. The average molecular weight is 684 g/mol. The van der Waals surface area contributed by atoms with Crippen molar-refractivity contribution in [2.75, 3.05) is 16.8 Å². The minimum atomic E-state index is -4.46. The van der Waals surface area contributed by atoms with E-state index >= 15 is 0 Å². The van der Waals surface area contributed by atoms with Gasteiger partial charge in [0.25, 0.3) is 15.9 Å². The first-order chi connectivity index (χ1) is 22.0. The maximum absolute atomic E-state index is 14.1. The molecule has 10 nitrogen and oxygen atoms in total. The van der Waals surface area contributed by atoms with Crippen LogP contribution in [0.25, 0.3) is 16.5 Å². The number of carbonyl (C=O) groups is 3. The standard InChI is InChI=1S/C33H32Cl2N4O6S/c1-3-45-32(41)30-28(29-24(35)18-21(34)19-27(29)39(30)46(43,44)23-14-8-5-9-15-23)20(2)31(40)37-25-16-10-11-17-26(25)38(33(36)42)22-12-6-4-7-13-22/h5,8-11,14-19,22H,2-4,6-7,12-13H2,1H3,(H2,36,42)(H,37,40). The molecule has 13 heteroatoms. The Kier molecular flexibility index (Phi) is 9.76. The fourth-order valence-electron chi connectivity index (χ4n) is 5.87. The molecule has 1 aliphatic rings. The van der Waals surface area contributed by atoms with Gasteiger partial charge in [0.15, 0.2) is 5.69 Å². The third-order valence-corrected chi connectivity index (χ3v) is 10.1. The zero-order chi connectivity index (χ0) is 33.2. The van der Waals surface area contributed by atoms with Crippen LogP contribution in [0.15, 0.2) is 78.2 Å². The van der Waals surface area contributed by atoms with E-state index in [1.165, 1.54) is 41.3 Å². The molecule has 1 heterocycles. The number of rotatable bonds is 9. The van der Waals surface area contributed by atoms with Gasteiger partial charge >= 0.3 is 12.0 Å². The Morgan fingerprint density at radius 2 is 1.67 bits per heavy atom. The number of esters is 1. The summed E-state index contributed by atoms with van der Waals surface area (Å²) in [6.07, 6.45) is 4.47. The van der Waals surface area contributed by atoms with Crippen molar-refractivity contribution in [3.05, 3.63) is 94.6 Å². The number of carbonyl (C=O) groups excluding carboxylic acids is 3. The predicted molar refractivity (Wildman–Crippen MR) is 180 cm³/mol. The van der Waals surface area contributed by atoms with E-state index in [1.54, 1.807) is 37.3 Å². The van der Waals surface area contributed by atoms with Gasteiger partial charge in [-0.1, -0.05) is 79.4 Å². The van der Waals surface area contributed by atoms with Crippen molar-refractivity contribution >= 4 is 79.0 Å². The molecule has 0 spiro atoms. The maximum Gasteiger partial charge on any atom is 0.356 e. The summed E-state index contributed by atoms with van der Waals surface area (Å²) < 4.78 is 34.3. The van der Waals surface area contributed by atoms with Crippen LogP contribution in [-0.4, -0.2) is 42.9 Å². The molecule has 5 rings (SSSR count). The van der Waals surface area contributed by atoms with E-state index in [0.717, 1.165) is 36.1 Å². The second-order valence-corrected chi connectivity index (χ2v) is 13.4. The lowest BCUT2D eigenvalue weighted by Gasteiger charge is -2.34. The molecule has 46 heavy (non-hydrogen) atoms. The summed E-state index contributed by atoms with van der Waals surface area (Å²) in [5.74, 6) is -1.81. The number of urea groups is 1. The Morgan fingerprint density at radius 1 is 1.02 bits per heavy atom. The van der Waals surface area contributed by atoms with Crippen LogP contribution in [0.2, 0.25) is 10.0 Å². The Balaban J connectivity index is 1.68. The maximum atomic E-state index is 14.1. The zero-order valence-electron chi connectivity index (χ0n) is 25.0. The third-order valence-electron chi connectivity index (χ3n) is 7.86. The van der Waals surface area contributed by atoms with E-state index in [4.69, 9.17) is 33.7 Å². The number of fused-ring (bicyclic) bond motifs is 1. The van der Waals surface area contributed by atoms with Crippen molar-refractivity contribution in [2.24, 2.45) is 5.73 Å². The molecule has 0 aliphatic heterocycles. The molecule has 3 aromatic carbocycles. The van der Waals surface area contributed by atoms with Crippen LogP contribution < -0.4 is 16.0 Å². The number of halogens is 2. The highest BCUT2D eigenvalue weighted by molar-refractivity contribution is 7.90. The number of hydrogen-bond donors (Lipinski definition) is 2. The first-order valence-corrected chi connectivity index (χ1v) is 16.9. The van der Waals surface area contributed by atoms with Crippen LogP contribution in [-0.2, 0) is 19.6 Å². The number of para-hydroxylation sites is 2. The van der Waals surface area contributed by atoms with Gasteiger partial charge in [-0.3, -0.25) is 9.69 Å². The van der Waals surface area contributed by atoms with E-state index in [0.29, 0.717) is 5.69 Å². The molecule has 4 aromatic rings. The normalized spacial score (nSPS) is 13.7. The number of hydrogen-bond acceptors (Lipinski definition) is 6. The highest BCUT2D eigenvalue weighted by Crippen LogP contribution is 2.41. The Labute approximate surface area is 276 Å². The summed E-state index contributed by atoms with van der Waals surface area (Å²) in [6, 6.07) is 16.1. The highest BCUT2D eigenvalue weighted by Gasteiger charge is 2.35. The minimum Gasteiger partial charge on any atom is -0.461 e. The number of nitrogens with one attached hydrogen (secondary N) is 1. The van der Waals surface area contributed by atoms with Crippen LogP contribution in [0.5, 0.6) is 0 Å². The minimum absolute atomic E-state index is 0.0170. The molecule has 0 radical (unpaired) electrons. The fourth-order valence-corrected chi connectivity index (χ4v) is 7.97. The van der Waals surface area contributed by atoms with E-state index in [9.17, 15) is 22.8 Å². The van der Waals surface area contributed by atoms with Crippen molar-refractivity contribution < 1.29 is 27.5 Å². The van der Waals surface area contributed by atoms with Crippen LogP contribution in [0.3, 0.4) is 0 Å². The number of amides is 3. The number of aromatic nitrogens is 1. The van der Waals surface area contributed by atoms with Crippen LogP contribution in [0.1, 0.15) is 55.1 Å². The van der Waals surface area contributed by atoms with E-state index in [2.05, 4.69) is 11.9 Å². The van der Waals surface area contributed by atoms with Gasteiger partial charge in [0.1, 0.15) is 0 Å². The zero-order valence-corrected chi connectivity index (χ0v) is 27.3. The van der Waals surface area contributed by atoms with Gasteiger partial charge < -0.3 is 15.8 Å². The topological polar surface area (TPSA) is 141 Å². The van der Waals surface area contributed by atoms with Crippen molar-refractivity contribution in [3.8, 4) is 0 Å². The van der Waals surface area contributed by atoms with Crippen molar-refractivity contribution in [2.45, 2.75) is 50.0 Å². The van der Waals surface area contributed by atoms with Gasteiger partial charge in [-0.15, -0.1) is 0 Å². The Bertz CT molecular complexity index is 1950. The van der Waals surface area contributed by atoms with Gasteiger partial charge in [0, 0.05) is 27.6 Å². The molecule has 1 aliphatic carbocycles. The number of nitrogens with zero attached hydrogens (tertiary/aromatic N) is 2. The summed E-state index contributed by atoms with van der Waals surface area (Å²) in [6.45, 7) is 5.46. The first kappa shape index (κ1) is 33.1. The number of ether oxygens (including phenoxy) is 1. The molecule has 1 fully saturated rings. The smallest absolute Gasteiger partial charge is 0.356 e. The Hall–Kier alpha value is -4.32. The van der Waals surface area contributed by atoms with Gasteiger partial charge in [0.2, 0.25) is 0 Å². The first-order valence-electron chi connectivity index (χ1n) is 14.7. The number of benzene rings is 3. The lowest BCUT2D eigenvalue weighted by atomic mass is 9.94. The quantitative estimate of drug-likeness (QED) is 0.141. The van der Waals surface area contributed by atoms with Gasteiger partial charge in [-0.05, 0) is 56.2 Å². The van der Waals surface area contributed by atoms with Crippen LogP contribution >= 0.6 is 23.2 Å². The van der Waals surface area contributed by atoms with Crippen molar-refractivity contribution in [1.82, 2.24) is 3.97 Å². The van der Waals surface area contributed by atoms with Gasteiger partial charge in [-0.2, -0.15) is 0 Å². The van der Waals surface area contributed by atoms with Gasteiger partial charge in [-0.25, -0.2) is 22.0 Å². The number of primary amides is 1. The molecule has 1 saturated carbocycles. The average Bonchev–Trinajstić information content (AvgIpc) is 3.39. The van der Waals surface area contributed by atoms with Crippen LogP contribution in [0.4, 0.5) is 16.2 Å². The number of nitrogens with two attached hydrogens (primary N) is 1. The second-order valence-electron chi connectivity index (χ2n) is 10.8. The molecule has 0 atom stereocenters. The lowest BCUT2D eigenvalue weighted by Crippen LogP contribution is -2.45. The lowest BCUT2D eigenvalue weighted by molar-refractivity contribution is -0.111. The summed E-state index contributed by atoms with van der Waals surface area (Å²) in [7, 11) is -4.46. The summed E-state index contributed by atoms with van der Waals surface area (Å²) in [5, 5.41) is 2.93.